The predicted octanol–water partition coefficient (Wildman–Crippen LogP) is 0.223. The van der Waals surface area contributed by atoms with E-state index in [-0.39, 0.29) is 5.91 Å². The molecular formula is C8H11N3O. The highest BCUT2D eigenvalue weighted by Gasteiger charge is 2.18. The summed E-state index contributed by atoms with van der Waals surface area (Å²) in [4.78, 5) is 12.8. The molecule has 0 spiro atoms. The number of nitrogens with zero attached hydrogens (tertiary/aromatic N) is 1. The highest BCUT2D eigenvalue weighted by Crippen LogP contribution is 2.11. The number of hydrogen-bond acceptors (Lipinski definition) is 3. The molecule has 0 aromatic carbocycles. The van der Waals surface area contributed by atoms with Gasteiger partial charge in [0.1, 0.15) is 5.70 Å². The molecule has 4 nitrogen and oxygen atoms in total. The molecule has 0 aliphatic carbocycles. The van der Waals surface area contributed by atoms with Crippen molar-refractivity contribution >= 4 is 5.91 Å². The van der Waals surface area contributed by atoms with Gasteiger partial charge in [-0.15, -0.1) is 0 Å². The quantitative estimate of drug-likeness (QED) is 0.546. The Kier molecular flexibility index (Phi) is 2.19. The largest absolute Gasteiger partial charge is 0.403 e. The lowest BCUT2D eigenvalue weighted by molar-refractivity contribution is -0.118. The minimum Gasteiger partial charge on any atom is -0.403 e. The second kappa shape index (κ2) is 3.13. The van der Waals surface area contributed by atoms with E-state index in [0.29, 0.717) is 5.70 Å². The molecule has 12 heavy (non-hydrogen) atoms. The van der Waals surface area contributed by atoms with Gasteiger partial charge < -0.3 is 16.0 Å². The van der Waals surface area contributed by atoms with Crippen LogP contribution in [0.5, 0.6) is 0 Å². The Hall–Kier alpha value is -1.71. The van der Waals surface area contributed by atoms with E-state index in [9.17, 15) is 4.79 Å². The zero-order valence-electron chi connectivity index (χ0n) is 6.87. The molecule has 3 N–H and O–H groups in total. The van der Waals surface area contributed by atoms with Crippen LogP contribution in [0.4, 0.5) is 0 Å². The van der Waals surface area contributed by atoms with E-state index in [0.717, 1.165) is 5.70 Å². The van der Waals surface area contributed by atoms with Crippen LogP contribution >= 0.6 is 0 Å². The molecule has 1 heterocycles. The first kappa shape index (κ1) is 8.39. The third-order valence-electron chi connectivity index (χ3n) is 1.51. The van der Waals surface area contributed by atoms with Crippen molar-refractivity contribution in [2.24, 2.45) is 5.73 Å². The second-order valence-corrected chi connectivity index (χ2v) is 2.41. The van der Waals surface area contributed by atoms with Gasteiger partial charge in [-0.05, 0) is 6.92 Å². The molecule has 1 rings (SSSR count). The van der Waals surface area contributed by atoms with Crippen molar-refractivity contribution in [3.05, 3.63) is 36.6 Å². The van der Waals surface area contributed by atoms with E-state index >= 15 is 0 Å². The van der Waals surface area contributed by atoms with E-state index < -0.39 is 0 Å². The molecule has 0 saturated heterocycles. The van der Waals surface area contributed by atoms with Crippen molar-refractivity contribution in [1.29, 1.82) is 0 Å². The monoisotopic (exact) mass is 165 g/mol. The first-order chi connectivity index (χ1) is 5.69. The Balaban J connectivity index is 3.03. The lowest BCUT2D eigenvalue weighted by Crippen LogP contribution is -2.35. The van der Waals surface area contributed by atoms with Crippen LogP contribution in [0.1, 0.15) is 6.92 Å². The average molecular weight is 165 g/mol. The Morgan fingerprint density at radius 2 is 2.42 bits per heavy atom. The number of hydrogen-bond donors (Lipinski definition) is 2. The van der Waals surface area contributed by atoms with Crippen molar-refractivity contribution in [3.8, 4) is 0 Å². The topological polar surface area (TPSA) is 58.4 Å². The van der Waals surface area contributed by atoms with Gasteiger partial charge in [0.2, 0.25) is 0 Å². The number of carbonyl (C=O) groups excluding carboxylic acids is 1. The van der Waals surface area contributed by atoms with Crippen LogP contribution in [0.15, 0.2) is 36.6 Å². The van der Waals surface area contributed by atoms with Crippen LogP contribution in [0, 0.1) is 0 Å². The predicted molar refractivity (Wildman–Crippen MR) is 46.2 cm³/mol. The van der Waals surface area contributed by atoms with Crippen LogP contribution < -0.4 is 11.1 Å². The van der Waals surface area contributed by atoms with E-state index in [1.807, 2.05) is 0 Å². The fourth-order valence-electron chi connectivity index (χ4n) is 0.984. The first-order valence-electron chi connectivity index (χ1n) is 3.51. The van der Waals surface area contributed by atoms with Crippen molar-refractivity contribution in [2.45, 2.75) is 6.92 Å². The van der Waals surface area contributed by atoms with Gasteiger partial charge in [-0.3, -0.25) is 4.79 Å². The molecular weight excluding hydrogens is 154 g/mol. The molecule has 0 unspecified atom stereocenters. The zero-order chi connectivity index (χ0) is 9.14. The maximum atomic E-state index is 11.2. The Morgan fingerprint density at radius 1 is 1.75 bits per heavy atom. The summed E-state index contributed by atoms with van der Waals surface area (Å²) in [6.07, 6.45) is 4.52. The molecule has 64 valence electrons. The summed E-state index contributed by atoms with van der Waals surface area (Å²) in [7, 11) is 0. The summed E-state index contributed by atoms with van der Waals surface area (Å²) in [6, 6.07) is 0. The standard InChI is InChI=1S/C8H11N3O/c1-3-11-5-6(2)10-8(12)7(11)4-9/h3-5H,1,9H2,2H3,(H,10,12)/b7-4-. The minimum absolute atomic E-state index is 0.211. The van der Waals surface area contributed by atoms with Gasteiger partial charge in [-0.25, -0.2) is 0 Å². The average Bonchev–Trinajstić information content (AvgIpc) is 2.03. The van der Waals surface area contributed by atoms with Crippen molar-refractivity contribution < 1.29 is 4.79 Å². The number of nitrogens with two attached hydrogens (primary N) is 1. The summed E-state index contributed by atoms with van der Waals surface area (Å²) in [6.45, 7) is 5.35. The highest BCUT2D eigenvalue weighted by molar-refractivity contribution is 5.95. The first-order valence-corrected chi connectivity index (χ1v) is 3.51. The van der Waals surface area contributed by atoms with Crippen molar-refractivity contribution in [1.82, 2.24) is 10.2 Å². The summed E-state index contributed by atoms with van der Waals surface area (Å²) in [5.41, 5.74) is 6.42. The summed E-state index contributed by atoms with van der Waals surface area (Å²) in [5.74, 6) is -0.211. The molecule has 0 fully saturated rings. The van der Waals surface area contributed by atoms with Crippen LogP contribution in [0.3, 0.4) is 0 Å². The number of amides is 1. The van der Waals surface area contributed by atoms with E-state index in [1.54, 1.807) is 18.0 Å². The molecule has 4 heteroatoms. The smallest absolute Gasteiger partial charge is 0.273 e. The Labute approximate surface area is 71.0 Å². The molecule has 1 aliphatic rings. The fourth-order valence-corrected chi connectivity index (χ4v) is 0.984. The van der Waals surface area contributed by atoms with Gasteiger partial charge in [-0.2, -0.15) is 0 Å². The molecule has 0 radical (unpaired) electrons. The van der Waals surface area contributed by atoms with E-state index in [2.05, 4.69) is 11.9 Å². The van der Waals surface area contributed by atoms with Crippen LogP contribution in [-0.4, -0.2) is 10.8 Å². The minimum atomic E-state index is -0.211. The molecule has 0 aromatic rings. The van der Waals surface area contributed by atoms with E-state index in [4.69, 9.17) is 5.73 Å². The van der Waals surface area contributed by atoms with Gasteiger partial charge in [0.15, 0.2) is 0 Å². The second-order valence-electron chi connectivity index (χ2n) is 2.41. The van der Waals surface area contributed by atoms with Gasteiger partial charge in [0, 0.05) is 24.3 Å². The fraction of sp³-hybridized carbons (Fsp3) is 0.125. The van der Waals surface area contributed by atoms with E-state index in [1.165, 1.54) is 12.4 Å². The summed E-state index contributed by atoms with van der Waals surface area (Å²) >= 11 is 0. The van der Waals surface area contributed by atoms with Gasteiger partial charge in [0.05, 0.1) is 0 Å². The molecule has 0 atom stereocenters. The Bertz CT molecular complexity index is 278. The maximum absolute atomic E-state index is 11.2. The lowest BCUT2D eigenvalue weighted by Gasteiger charge is -2.23. The number of allylic oxidation sites excluding steroid dienone is 1. The zero-order valence-corrected chi connectivity index (χ0v) is 6.87. The van der Waals surface area contributed by atoms with Gasteiger partial charge in [0.25, 0.3) is 5.91 Å². The molecule has 1 aliphatic heterocycles. The lowest BCUT2D eigenvalue weighted by atomic mass is 10.3. The molecule has 0 saturated carbocycles. The number of rotatable bonds is 1. The van der Waals surface area contributed by atoms with Gasteiger partial charge in [-0.1, -0.05) is 6.58 Å². The number of carbonyl (C=O) groups is 1. The third kappa shape index (κ3) is 1.32. The van der Waals surface area contributed by atoms with Crippen LogP contribution in [-0.2, 0) is 4.79 Å². The maximum Gasteiger partial charge on any atom is 0.273 e. The van der Waals surface area contributed by atoms with Crippen molar-refractivity contribution in [3.63, 3.8) is 0 Å². The Morgan fingerprint density at radius 3 is 2.92 bits per heavy atom. The third-order valence-corrected chi connectivity index (χ3v) is 1.51. The van der Waals surface area contributed by atoms with Gasteiger partial charge >= 0.3 is 0 Å². The van der Waals surface area contributed by atoms with Crippen LogP contribution in [0.25, 0.3) is 0 Å². The summed E-state index contributed by atoms with van der Waals surface area (Å²) < 4.78 is 0. The summed E-state index contributed by atoms with van der Waals surface area (Å²) in [5, 5.41) is 2.63. The number of nitrogens with one attached hydrogen (secondary N) is 1. The SMILES string of the molecule is C=CN1C=C(C)NC(=O)/C1=C/N. The molecule has 1 amide bonds. The van der Waals surface area contributed by atoms with Crippen molar-refractivity contribution in [2.75, 3.05) is 0 Å². The molecule has 0 aromatic heterocycles. The van der Waals surface area contributed by atoms with Crippen LogP contribution in [0.2, 0.25) is 0 Å². The normalized spacial score (nSPS) is 20.4. The highest BCUT2D eigenvalue weighted by atomic mass is 16.2. The molecule has 0 bridgehead atoms.